The molecule has 2 atom stereocenters. The highest BCUT2D eigenvalue weighted by atomic mass is 32.1. The molecule has 94 valence electrons. The highest BCUT2D eigenvalue weighted by Crippen LogP contribution is 2.26. The number of carbonyl (C=O) groups excluding carboxylic acids is 1. The molecule has 0 bridgehead atoms. The number of hydrogen-bond donors (Lipinski definition) is 1. The van der Waals surface area contributed by atoms with E-state index in [9.17, 15) is 4.79 Å². The molecule has 1 aliphatic heterocycles. The molecular weight excluding hydrogens is 236 g/mol. The van der Waals surface area contributed by atoms with Crippen LogP contribution in [0, 0.1) is 0 Å². The molecule has 1 aliphatic rings. The quantitative estimate of drug-likeness (QED) is 0.812. The Morgan fingerprint density at radius 2 is 2.41 bits per heavy atom. The lowest BCUT2D eigenvalue weighted by atomic mass is 10.2. The van der Waals surface area contributed by atoms with E-state index in [1.807, 2.05) is 17.2 Å². The summed E-state index contributed by atoms with van der Waals surface area (Å²) in [7, 11) is 1.68. The van der Waals surface area contributed by atoms with Crippen LogP contribution in [-0.2, 0) is 9.53 Å². The molecule has 1 amide bonds. The first-order valence-electron chi connectivity index (χ1n) is 5.81. The lowest BCUT2D eigenvalue weighted by Gasteiger charge is -2.23. The molecule has 4 nitrogen and oxygen atoms in total. The first-order chi connectivity index (χ1) is 8.24. The zero-order chi connectivity index (χ0) is 12.3. The molecule has 17 heavy (non-hydrogen) atoms. The maximum atomic E-state index is 12.0. The zero-order valence-corrected chi connectivity index (χ0v) is 11.0. The van der Waals surface area contributed by atoms with Crippen LogP contribution in [0.5, 0.6) is 0 Å². The fourth-order valence-corrected chi connectivity index (χ4v) is 2.78. The van der Waals surface area contributed by atoms with Gasteiger partial charge >= 0.3 is 0 Å². The number of methoxy groups -OCH3 is 1. The van der Waals surface area contributed by atoms with Crippen LogP contribution in [0.3, 0.4) is 0 Å². The summed E-state index contributed by atoms with van der Waals surface area (Å²) in [6.07, 6.45) is 0.901. The van der Waals surface area contributed by atoms with Gasteiger partial charge in [0.25, 0.3) is 0 Å². The Morgan fingerprint density at radius 1 is 1.59 bits per heavy atom. The van der Waals surface area contributed by atoms with Crippen molar-refractivity contribution in [3.05, 3.63) is 22.4 Å². The van der Waals surface area contributed by atoms with E-state index in [1.165, 1.54) is 5.56 Å². The first-order valence-corrected chi connectivity index (χ1v) is 6.76. The van der Waals surface area contributed by atoms with Gasteiger partial charge in [0.05, 0.1) is 6.04 Å². The average Bonchev–Trinajstić information content (AvgIpc) is 2.92. The van der Waals surface area contributed by atoms with E-state index in [0.717, 1.165) is 13.0 Å². The van der Waals surface area contributed by atoms with Crippen LogP contribution in [0.1, 0.15) is 25.1 Å². The number of hydrogen-bond acceptors (Lipinski definition) is 4. The monoisotopic (exact) mass is 254 g/mol. The Kier molecular flexibility index (Phi) is 4.15. The van der Waals surface area contributed by atoms with Crippen molar-refractivity contribution in [2.24, 2.45) is 0 Å². The van der Waals surface area contributed by atoms with Crippen molar-refractivity contribution < 1.29 is 9.53 Å². The summed E-state index contributed by atoms with van der Waals surface area (Å²) in [4.78, 5) is 13.9. The normalized spacial score (nSPS) is 24.6. The van der Waals surface area contributed by atoms with Gasteiger partial charge in [-0.05, 0) is 35.7 Å². The predicted octanol–water partition coefficient (Wildman–Crippen LogP) is 1.60. The van der Waals surface area contributed by atoms with Gasteiger partial charge in [0, 0.05) is 20.3 Å². The molecule has 1 N–H and O–H groups in total. The van der Waals surface area contributed by atoms with Crippen LogP contribution < -0.4 is 5.32 Å². The van der Waals surface area contributed by atoms with E-state index in [2.05, 4.69) is 16.8 Å². The van der Waals surface area contributed by atoms with Crippen molar-refractivity contribution in [1.82, 2.24) is 10.2 Å². The average molecular weight is 254 g/mol. The molecule has 1 fully saturated rings. The smallest absolute Gasteiger partial charge is 0.241 e. The van der Waals surface area contributed by atoms with E-state index in [1.54, 1.807) is 18.4 Å². The molecule has 2 rings (SSSR count). The van der Waals surface area contributed by atoms with Gasteiger partial charge in [-0.25, -0.2) is 0 Å². The molecule has 5 heteroatoms. The number of rotatable bonds is 5. The summed E-state index contributed by atoms with van der Waals surface area (Å²) in [5, 5.41) is 7.45. The lowest BCUT2D eigenvalue weighted by molar-refractivity contribution is -0.130. The minimum atomic E-state index is -0.0950. The maximum Gasteiger partial charge on any atom is 0.241 e. The van der Waals surface area contributed by atoms with E-state index in [-0.39, 0.29) is 18.1 Å². The third kappa shape index (κ3) is 2.68. The van der Waals surface area contributed by atoms with Crippen LogP contribution in [0.2, 0.25) is 0 Å². The second-order valence-corrected chi connectivity index (χ2v) is 5.01. The Labute approximate surface area is 106 Å². The van der Waals surface area contributed by atoms with Gasteiger partial charge < -0.3 is 9.64 Å². The molecule has 0 aliphatic carbocycles. The molecule has 0 aromatic carbocycles. The van der Waals surface area contributed by atoms with Gasteiger partial charge in [-0.2, -0.15) is 11.3 Å². The Morgan fingerprint density at radius 3 is 3.06 bits per heavy atom. The van der Waals surface area contributed by atoms with E-state index in [4.69, 9.17) is 4.74 Å². The molecule has 1 aromatic heterocycles. The highest BCUT2D eigenvalue weighted by Gasteiger charge is 2.36. The summed E-state index contributed by atoms with van der Waals surface area (Å²) in [6.45, 7) is 3.34. The first kappa shape index (κ1) is 12.5. The third-order valence-electron chi connectivity index (χ3n) is 2.98. The summed E-state index contributed by atoms with van der Waals surface area (Å²) in [5.74, 6) is 0.178. The van der Waals surface area contributed by atoms with Crippen LogP contribution in [0.25, 0.3) is 0 Å². The van der Waals surface area contributed by atoms with Crippen LogP contribution in [0.15, 0.2) is 16.8 Å². The summed E-state index contributed by atoms with van der Waals surface area (Å²) in [5.41, 5.74) is 1.17. The SMILES string of the molecule is COCCCN1C(=O)C(C)NC1c1ccsc1. The van der Waals surface area contributed by atoms with E-state index >= 15 is 0 Å². The van der Waals surface area contributed by atoms with Gasteiger partial charge in [-0.1, -0.05) is 0 Å². The molecule has 0 saturated carbocycles. The molecule has 1 aromatic rings. The van der Waals surface area contributed by atoms with Crippen LogP contribution in [0.4, 0.5) is 0 Å². The fraction of sp³-hybridized carbons (Fsp3) is 0.583. The number of thiophene rings is 1. The largest absolute Gasteiger partial charge is 0.385 e. The van der Waals surface area contributed by atoms with Crippen LogP contribution in [-0.4, -0.2) is 37.1 Å². The van der Waals surface area contributed by atoms with Crippen molar-refractivity contribution >= 4 is 17.2 Å². The van der Waals surface area contributed by atoms with Crippen molar-refractivity contribution in [3.8, 4) is 0 Å². The minimum absolute atomic E-state index is 0.0283. The van der Waals surface area contributed by atoms with Gasteiger partial charge in [0.2, 0.25) is 5.91 Å². The van der Waals surface area contributed by atoms with Gasteiger partial charge in [-0.3, -0.25) is 10.1 Å². The van der Waals surface area contributed by atoms with E-state index in [0.29, 0.717) is 6.61 Å². The molecule has 1 saturated heterocycles. The fourth-order valence-electron chi connectivity index (χ4n) is 2.10. The number of nitrogens with zero attached hydrogens (tertiary/aromatic N) is 1. The predicted molar refractivity (Wildman–Crippen MR) is 67.9 cm³/mol. The van der Waals surface area contributed by atoms with Gasteiger partial charge in [-0.15, -0.1) is 0 Å². The minimum Gasteiger partial charge on any atom is -0.385 e. The topological polar surface area (TPSA) is 41.6 Å². The summed E-state index contributed by atoms with van der Waals surface area (Å²) in [6, 6.07) is 1.97. The van der Waals surface area contributed by atoms with E-state index < -0.39 is 0 Å². The van der Waals surface area contributed by atoms with Crippen molar-refractivity contribution in [1.29, 1.82) is 0 Å². The summed E-state index contributed by atoms with van der Waals surface area (Å²) < 4.78 is 5.03. The van der Waals surface area contributed by atoms with Gasteiger partial charge in [0.15, 0.2) is 0 Å². The maximum absolute atomic E-state index is 12.0. The number of amides is 1. The van der Waals surface area contributed by atoms with Crippen molar-refractivity contribution in [2.45, 2.75) is 25.6 Å². The number of nitrogens with one attached hydrogen (secondary N) is 1. The molecular formula is C12H18N2O2S. The molecule has 2 heterocycles. The molecule has 0 radical (unpaired) electrons. The second-order valence-electron chi connectivity index (χ2n) is 4.23. The highest BCUT2D eigenvalue weighted by molar-refractivity contribution is 7.07. The lowest BCUT2D eigenvalue weighted by Crippen LogP contribution is -2.31. The standard InChI is InChI=1S/C12H18N2O2S/c1-9-12(15)14(5-3-6-16-2)11(13-9)10-4-7-17-8-10/h4,7-9,11,13H,3,5-6H2,1-2H3. The zero-order valence-electron chi connectivity index (χ0n) is 10.2. The number of ether oxygens (including phenoxy) is 1. The van der Waals surface area contributed by atoms with Crippen molar-refractivity contribution in [3.63, 3.8) is 0 Å². The third-order valence-corrected chi connectivity index (χ3v) is 3.68. The van der Waals surface area contributed by atoms with Gasteiger partial charge in [0.1, 0.15) is 6.17 Å². The Hall–Kier alpha value is -0.910. The van der Waals surface area contributed by atoms with Crippen molar-refractivity contribution in [2.75, 3.05) is 20.3 Å². The molecule has 0 spiro atoms. The Balaban J connectivity index is 2.05. The Bertz CT molecular complexity index is 367. The second kappa shape index (κ2) is 5.62. The summed E-state index contributed by atoms with van der Waals surface area (Å²) >= 11 is 1.66. The number of carbonyl (C=O) groups is 1. The van der Waals surface area contributed by atoms with Crippen LogP contribution >= 0.6 is 11.3 Å². The molecule has 2 unspecified atom stereocenters.